The molecule has 0 radical (unpaired) electrons. The van der Waals surface area contributed by atoms with Crippen molar-refractivity contribution in [2.75, 3.05) is 19.7 Å². The number of benzene rings is 1. The van der Waals surface area contributed by atoms with Crippen LogP contribution in [0.25, 0.3) is 0 Å². The fourth-order valence-electron chi connectivity index (χ4n) is 1.67. The van der Waals surface area contributed by atoms with Crippen molar-refractivity contribution in [1.82, 2.24) is 4.90 Å². The predicted octanol–water partition coefficient (Wildman–Crippen LogP) is 2.24. The number of hydrogen-bond donors (Lipinski definition) is 0. The molecule has 0 saturated carbocycles. The third-order valence-corrected chi connectivity index (χ3v) is 2.66. The van der Waals surface area contributed by atoms with E-state index in [1.54, 1.807) is 19.9 Å². The summed E-state index contributed by atoms with van der Waals surface area (Å²) >= 11 is 0. The van der Waals surface area contributed by atoms with Crippen LogP contribution in [0.3, 0.4) is 0 Å². The van der Waals surface area contributed by atoms with Crippen LogP contribution in [0, 0.1) is 5.82 Å². The number of hydrogen-bond acceptors (Lipinski definition) is 3. The molecule has 0 aliphatic heterocycles. The maximum atomic E-state index is 13.5. The molecule has 19 heavy (non-hydrogen) atoms. The SMILES string of the molecule is CCOC(=O)CCN(CC)C(=O)c1ccccc1F. The molecule has 5 heteroatoms. The number of ether oxygens (including phenoxy) is 1. The first-order valence-electron chi connectivity index (χ1n) is 6.29. The van der Waals surface area contributed by atoms with E-state index in [0.29, 0.717) is 13.2 Å². The fraction of sp³-hybridized carbons (Fsp3) is 0.429. The summed E-state index contributed by atoms with van der Waals surface area (Å²) in [6.45, 7) is 4.45. The molecule has 0 bridgehead atoms. The number of carbonyl (C=O) groups excluding carboxylic acids is 2. The van der Waals surface area contributed by atoms with Crippen molar-refractivity contribution in [2.24, 2.45) is 0 Å². The van der Waals surface area contributed by atoms with Crippen LogP contribution in [0.2, 0.25) is 0 Å². The Balaban J connectivity index is 2.67. The van der Waals surface area contributed by atoms with Crippen molar-refractivity contribution in [2.45, 2.75) is 20.3 Å². The summed E-state index contributed by atoms with van der Waals surface area (Å²) in [5.41, 5.74) is 0.0215. The molecular formula is C14H18FNO3. The second kappa shape index (κ2) is 7.51. The van der Waals surface area contributed by atoms with Gasteiger partial charge in [-0.15, -0.1) is 0 Å². The first-order chi connectivity index (χ1) is 9.10. The van der Waals surface area contributed by atoms with Crippen molar-refractivity contribution in [3.8, 4) is 0 Å². The number of amides is 1. The predicted molar refractivity (Wildman–Crippen MR) is 69.2 cm³/mol. The van der Waals surface area contributed by atoms with Crippen LogP contribution in [-0.2, 0) is 9.53 Å². The van der Waals surface area contributed by atoms with E-state index in [-0.39, 0.29) is 24.5 Å². The zero-order valence-corrected chi connectivity index (χ0v) is 11.2. The molecule has 1 aromatic carbocycles. The van der Waals surface area contributed by atoms with Gasteiger partial charge in [-0.2, -0.15) is 0 Å². The minimum Gasteiger partial charge on any atom is -0.466 e. The molecule has 0 aromatic heterocycles. The molecule has 0 aliphatic rings. The minimum absolute atomic E-state index is 0.0215. The van der Waals surface area contributed by atoms with E-state index in [0.717, 1.165) is 0 Å². The van der Waals surface area contributed by atoms with E-state index < -0.39 is 11.7 Å². The number of rotatable bonds is 6. The lowest BCUT2D eigenvalue weighted by molar-refractivity contribution is -0.143. The smallest absolute Gasteiger partial charge is 0.307 e. The quantitative estimate of drug-likeness (QED) is 0.743. The normalized spacial score (nSPS) is 10.1. The van der Waals surface area contributed by atoms with Crippen molar-refractivity contribution in [3.63, 3.8) is 0 Å². The average molecular weight is 267 g/mol. The van der Waals surface area contributed by atoms with Gasteiger partial charge in [0.15, 0.2) is 0 Å². The van der Waals surface area contributed by atoms with Crippen LogP contribution in [0.15, 0.2) is 24.3 Å². The molecule has 0 spiro atoms. The topological polar surface area (TPSA) is 46.6 Å². The summed E-state index contributed by atoms with van der Waals surface area (Å²) in [5, 5.41) is 0. The number of carbonyl (C=O) groups is 2. The molecule has 0 aliphatic carbocycles. The molecule has 0 N–H and O–H groups in total. The largest absolute Gasteiger partial charge is 0.466 e. The van der Waals surface area contributed by atoms with Crippen molar-refractivity contribution in [3.05, 3.63) is 35.6 Å². The monoisotopic (exact) mass is 267 g/mol. The Bertz CT molecular complexity index is 448. The Hall–Kier alpha value is -1.91. The van der Waals surface area contributed by atoms with Crippen LogP contribution in [0.4, 0.5) is 4.39 Å². The van der Waals surface area contributed by atoms with Gasteiger partial charge in [-0.3, -0.25) is 9.59 Å². The molecule has 4 nitrogen and oxygen atoms in total. The highest BCUT2D eigenvalue weighted by Crippen LogP contribution is 2.10. The lowest BCUT2D eigenvalue weighted by Crippen LogP contribution is -2.33. The van der Waals surface area contributed by atoms with E-state index in [9.17, 15) is 14.0 Å². The van der Waals surface area contributed by atoms with Crippen LogP contribution in [0.5, 0.6) is 0 Å². The van der Waals surface area contributed by atoms with Crippen molar-refractivity contribution >= 4 is 11.9 Å². The lowest BCUT2D eigenvalue weighted by Gasteiger charge is -2.20. The van der Waals surface area contributed by atoms with Gasteiger partial charge < -0.3 is 9.64 Å². The highest BCUT2D eigenvalue weighted by molar-refractivity contribution is 5.94. The van der Waals surface area contributed by atoms with E-state index in [4.69, 9.17) is 4.74 Å². The molecule has 1 amide bonds. The fourth-order valence-corrected chi connectivity index (χ4v) is 1.67. The number of halogens is 1. The van der Waals surface area contributed by atoms with E-state index >= 15 is 0 Å². The first kappa shape index (κ1) is 15.1. The molecule has 0 fully saturated rings. The van der Waals surface area contributed by atoms with Crippen LogP contribution < -0.4 is 0 Å². The Kier molecular flexibility index (Phi) is 5.99. The van der Waals surface area contributed by atoms with Gasteiger partial charge in [-0.1, -0.05) is 12.1 Å². The summed E-state index contributed by atoms with van der Waals surface area (Å²) in [4.78, 5) is 24.8. The molecular weight excluding hydrogens is 249 g/mol. The molecule has 0 atom stereocenters. The number of nitrogens with zero attached hydrogens (tertiary/aromatic N) is 1. The maximum Gasteiger partial charge on any atom is 0.307 e. The zero-order valence-electron chi connectivity index (χ0n) is 11.2. The Morgan fingerprint density at radius 1 is 1.26 bits per heavy atom. The first-order valence-corrected chi connectivity index (χ1v) is 6.29. The van der Waals surface area contributed by atoms with Crippen LogP contribution >= 0.6 is 0 Å². The molecule has 0 saturated heterocycles. The minimum atomic E-state index is -0.554. The summed E-state index contributed by atoms with van der Waals surface area (Å²) in [7, 11) is 0. The van der Waals surface area contributed by atoms with Gasteiger partial charge in [0, 0.05) is 13.1 Å². The Morgan fingerprint density at radius 3 is 2.53 bits per heavy atom. The average Bonchev–Trinajstić information content (AvgIpc) is 2.40. The number of esters is 1. The van der Waals surface area contributed by atoms with Gasteiger partial charge in [-0.05, 0) is 26.0 Å². The zero-order chi connectivity index (χ0) is 14.3. The second-order valence-electron chi connectivity index (χ2n) is 3.92. The Labute approximate surface area is 112 Å². The van der Waals surface area contributed by atoms with E-state index in [1.165, 1.54) is 23.1 Å². The van der Waals surface area contributed by atoms with Gasteiger partial charge in [-0.25, -0.2) is 4.39 Å². The Morgan fingerprint density at radius 2 is 1.95 bits per heavy atom. The second-order valence-corrected chi connectivity index (χ2v) is 3.92. The van der Waals surface area contributed by atoms with Crippen LogP contribution in [0.1, 0.15) is 30.6 Å². The third-order valence-electron chi connectivity index (χ3n) is 2.66. The van der Waals surface area contributed by atoms with Gasteiger partial charge in [0.1, 0.15) is 5.82 Å². The van der Waals surface area contributed by atoms with Gasteiger partial charge in [0.25, 0.3) is 5.91 Å². The summed E-state index contributed by atoms with van der Waals surface area (Å²) < 4.78 is 18.3. The van der Waals surface area contributed by atoms with Gasteiger partial charge in [0.2, 0.25) is 0 Å². The molecule has 104 valence electrons. The van der Waals surface area contributed by atoms with Crippen molar-refractivity contribution < 1.29 is 18.7 Å². The highest BCUT2D eigenvalue weighted by atomic mass is 19.1. The summed E-state index contributed by atoms with van der Waals surface area (Å²) in [6, 6.07) is 5.81. The molecule has 1 rings (SSSR count). The molecule has 1 aromatic rings. The van der Waals surface area contributed by atoms with Gasteiger partial charge >= 0.3 is 5.97 Å². The summed E-state index contributed by atoms with van der Waals surface area (Å²) in [6.07, 6.45) is 0.113. The van der Waals surface area contributed by atoms with Gasteiger partial charge in [0.05, 0.1) is 18.6 Å². The van der Waals surface area contributed by atoms with Crippen molar-refractivity contribution in [1.29, 1.82) is 0 Å². The summed E-state index contributed by atoms with van der Waals surface area (Å²) in [5.74, 6) is -1.32. The van der Waals surface area contributed by atoms with E-state index in [1.807, 2.05) is 0 Å². The molecule has 0 unspecified atom stereocenters. The standard InChI is InChI=1S/C14H18FNO3/c1-3-16(10-9-13(17)19-4-2)14(18)11-7-5-6-8-12(11)15/h5-8H,3-4,9-10H2,1-2H3. The van der Waals surface area contributed by atoms with E-state index in [2.05, 4.69) is 0 Å². The third kappa shape index (κ3) is 4.35. The lowest BCUT2D eigenvalue weighted by atomic mass is 10.2. The van der Waals surface area contributed by atoms with Crippen LogP contribution in [-0.4, -0.2) is 36.5 Å². The highest BCUT2D eigenvalue weighted by Gasteiger charge is 2.18. The maximum absolute atomic E-state index is 13.5. The molecule has 0 heterocycles.